The molecule has 80 valence electrons. The molecular weight excluding hydrogens is 196 g/mol. The highest BCUT2D eigenvalue weighted by Crippen LogP contribution is 2.30. The van der Waals surface area contributed by atoms with Crippen LogP contribution in [0.15, 0.2) is 31.0 Å². The number of carbonyl (C=O) groups excluding carboxylic acids is 1. The van der Waals surface area contributed by atoms with Crippen LogP contribution in [-0.2, 0) is 4.74 Å². The average Bonchev–Trinajstić information content (AvgIpc) is 2.28. The fourth-order valence-corrected chi connectivity index (χ4v) is 1.19. The Bertz CT molecular complexity index is 371. The van der Waals surface area contributed by atoms with Gasteiger partial charge < -0.3 is 14.2 Å². The molecule has 0 aromatic heterocycles. The Kier molecular flexibility index (Phi) is 3.74. The van der Waals surface area contributed by atoms with E-state index in [9.17, 15) is 4.79 Å². The van der Waals surface area contributed by atoms with E-state index in [0.717, 1.165) is 6.26 Å². The molecule has 1 rings (SSSR count). The second kappa shape index (κ2) is 5.05. The summed E-state index contributed by atoms with van der Waals surface area (Å²) in [6.07, 6.45) is 1.07. The van der Waals surface area contributed by atoms with Crippen LogP contribution >= 0.6 is 0 Å². The third-order valence-electron chi connectivity index (χ3n) is 1.81. The van der Waals surface area contributed by atoms with Crippen molar-refractivity contribution in [1.82, 2.24) is 0 Å². The minimum Gasteiger partial charge on any atom is -0.493 e. The molecule has 0 heterocycles. The minimum absolute atomic E-state index is 0.303. The molecule has 1 aromatic carbocycles. The standard InChI is InChI=1S/C11H12O4/c1-4-15-11(12)8-6-5-7-9(13-2)10(8)14-3/h4-7H,1H2,2-3H3. The summed E-state index contributed by atoms with van der Waals surface area (Å²) in [4.78, 5) is 11.5. The molecule has 0 saturated heterocycles. The third kappa shape index (κ3) is 2.28. The molecule has 0 amide bonds. The lowest BCUT2D eigenvalue weighted by atomic mass is 10.2. The fourth-order valence-electron chi connectivity index (χ4n) is 1.19. The van der Waals surface area contributed by atoms with Gasteiger partial charge in [0.1, 0.15) is 5.56 Å². The Balaban J connectivity index is 3.16. The van der Waals surface area contributed by atoms with Gasteiger partial charge in [0, 0.05) is 0 Å². The molecule has 0 fully saturated rings. The number of ether oxygens (including phenoxy) is 3. The Morgan fingerprint density at radius 1 is 1.33 bits per heavy atom. The molecule has 0 atom stereocenters. The zero-order valence-electron chi connectivity index (χ0n) is 8.65. The van der Waals surface area contributed by atoms with Gasteiger partial charge in [0.05, 0.1) is 20.5 Å². The Morgan fingerprint density at radius 3 is 2.60 bits per heavy atom. The van der Waals surface area contributed by atoms with Gasteiger partial charge in [-0.05, 0) is 12.1 Å². The van der Waals surface area contributed by atoms with Gasteiger partial charge in [0.15, 0.2) is 11.5 Å². The van der Waals surface area contributed by atoms with Crippen molar-refractivity contribution in [3.05, 3.63) is 36.6 Å². The SMILES string of the molecule is C=COC(=O)c1cccc(OC)c1OC. The first-order valence-electron chi connectivity index (χ1n) is 4.27. The normalized spacial score (nSPS) is 9.20. The number of rotatable bonds is 4. The Morgan fingerprint density at radius 2 is 2.07 bits per heavy atom. The van der Waals surface area contributed by atoms with Crippen molar-refractivity contribution in [2.45, 2.75) is 0 Å². The number of para-hydroxylation sites is 1. The molecule has 0 aliphatic heterocycles. The van der Waals surface area contributed by atoms with Crippen LogP contribution in [0.2, 0.25) is 0 Å². The molecular formula is C11H12O4. The minimum atomic E-state index is -0.527. The van der Waals surface area contributed by atoms with Crippen LogP contribution in [0.5, 0.6) is 11.5 Å². The molecule has 0 aliphatic carbocycles. The van der Waals surface area contributed by atoms with Crippen molar-refractivity contribution < 1.29 is 19.0 Å². The van der Waals surface area contributed by atoms with Crippen molar-refractivity contribution in [3.63, 3.8) is 0 Å². The lowest BCUT2D eigenvalue weighted by molar-refractivity contribution is 0.0660. The monoisotopic (exact) mass is 208 g/mol. The van der Waals surface area contributed by atoms with Crippen LogP contribution in [0, 0.1) is 0 Å². The summed E-state index contributed by atoms with van der Waals surface area (Å²) in [7, 11) is 2.96. The summed E-state index contributed by atoms with van der Waals surface area (Å²) in [6.45, 7) is 3.31. The van der Waals surface area contributed by atoms with Crippen molar-refractivity contribution >= 4 is 5.97 Å². The summed E-state index contributed by atoms with van der Waals surface area (Å²) in [5.74, 6) is 0.309. The maximum atomic E-state index is 11.5. The van der Waals surface area contributed by atoms with E-state index in [1.807, 2.05) is 0 Å². The number of methoxy groups -OCH3 is 2. The van der Waals surface area contributed by atoms with E-state index in [2.05, 4.69) is 11.3 Å². The smallest absolute Gasteiger partial charge is 0.346 e. The van der Waals surface area contributed by atoms with Crippen LogP contribution in [-0.4, -0.2) is 20.2 Å². The lowest BCUT2D eigenvalue weighted by Crippen LogP contribution is -2.04. The molecule has 0 spiro atoms. The second-order valence-electron chi connectivity index (χ2n) is 2.61. The number of hydrogen-bond acceptors (Lipinski definition) is 4. The van der Waals surface area contributed by atoms with E-state index in [1.165, 1.54) is 14.2 Å². The number of hydrogen-bond donors (Lipinski definition) is 0. The van der Waals surface area contributed by atoms with Crippen LogP contribution in [0.1, 0.15) is 10.4 Å². The average molecular weight is 208 g/mol. The van der Waals surface area contributed by atoms with Crippen LogP contribution < -0.4 is 9.47 Å². The molecule has 4 nitrogen and oxygen atoms in total. The maximum Gasteiger partial charge on any atom is 0.346 e. The van der Waals surface area contributed by atoms with Crippen LogP contribution in [0.25, 0.3) is 0 Å². The van der Waals surface area contributed by atoms with Crippen molar-refractivity contribution in [2.24, 2.45) is 0 Å². The Labute approximate surface area is 88.1 Å². The highest BCUT2D eigenvalue weighted by molar-refractivity contribution is 5.93. The predicted octanol–water partition coefficient (Wildman–Crippen LogP) is 2.00. The first-order valence-corrected chi connectivity index (χ1v) is 4.27. The number of esters is 1. The molecule has 0 aliphatic rings. The predicted molar refractivity (Wildman–Crippen MR) is 55.2 cm³/mol. The first-order chi connectivity index (χ1) is 7.24. The zero-order valence-corrected chi connectivity index (χ0v) is 8.65. The highest BCUT2D eigenvalue weighted by Gasteiger charge is 2.16. The van der Waals surface area contributed by atoms with E-state index in [-0.39, 0.29) is 0 Å². The molecule has 0 radical (unpaired) electrons. The molecule has 0 bridgehead atoms. The lowest BCUT2D eigenvalue weighted by Gasteiger charge is -2.10. The highest BCUT2D eigenvalue weighted by atomic mass is 16.5. The fraction of sp³-hybridized carbons (Fsp3) is 0.182. The molecule has 0 saturated carbocycles. The van der Waals surface area contributed by atoms with Gasteiger partial charge in [0.2, 0.25) is 0 Å². The van der Waals surface area contributed by atoms with Gasteiger partial charge in [-0.15, -0.1) is 0 Å². The maximum absolute atomic E-state index is 11.5. The van der Waals surface area contributed by atoms with Crippen molar-refractivity contribution in [1.29, 1.82) is 0 Å². The summed E-state index contributed by atoms with van der Waals surface area (Å²) in [5.41, 5.74) is 0.303. The van der Waals surface area contributed by atoms with Crippen LogP contribution in [0.3, 0.4) is 0 Å². The summed E-state index contributed by atoms with van der Waals surface area (Å²) in [5, 5.41) is 0. The van der Waals surface area contributed by atoms with E-state index >= 15 is 0 Å². The number of benzene rings is 1. The zero-order chi connectivity index (χ0) is 11.3. The van der Waals surface area contributed by atoms with Crippen molar-refractivity contribution in [2.75, 3.05) is 14.2 Å². The molecule has 15 heavy (non-hydrogen) atoms. The first kappa shape index (κ1) is 11.1. The Hall–Kier alpha value is -1.97. The van der Waals surface area contributed by atoms with Crippen LogP contribution in [0.4, 0.5) is 0 Å². The van der Waals surface area contributed by atoms with Gasteiger partial charge >= 0.3 is 5.97 Å². The van der Waals surface area contributed by atoms with E-state index in [4.69, 9.17) is 9.47 Å². The quantitative estimate of drug-likeness (QED) is 0.560. The number of carbonyl (C=O) groups is 1. The molecule has 0 unspecified atom stereocenters. The van der Waals surface area contributed by atoms with E-state index in [1.54, 1.807) is 18.2 Å². The van der Waals surface area contributed by atoms with Gasteiger partial charge in [-0.2, -0.15) is 0 Å². The molecule has 1 aromatic rings. The molecule has 0 N–H and O–H groups in total. The third-order valence-corrected chi connectivity index (χ3v) is 1.81. The van der Waals surface area contributed by atoms with Crippen molar-refractivity contribution in [3.8, 4) is 11.5 Å². The molecule has 4 heteroatoms. The van der Waals surface area contributed by atoms with Gasteiger partial charge in [-0.25, -0.2) is 4.79 Å². The second-order valence-corrected chi connectivity index (χ2v) is 2.61. The van der Waals surface area contributed by atoms with Gasteiger partial charge in [0.25, 0.3) is 0 Å². The van der Waals surface area contributed by atoms with Gasteiger partial charge in [-0.3, -0.25) is 0 Å². The van der Waals surface area contributed by atoms with Gasteiger partial charge in [-0.1, -0.05) is 12.6 Å². The summed E-state index contributed by atoms with van der Waals surface area (Å²) in [6, 6.07) is 4.97. The topological polar surface area (TPSA) is 44.8 Å². The largest absolute Gasteiger partial charge is 0.493 e. The van der Waals surface area contributed by atoms with E-state index < -0.39 is 5.97 Å². The van der Waals surface area contributed by atoms with E-state index in [0.29, 0.717) is 17.1 Å². The summed E-state index contributed by atoms with van der Waals surface area (Å²) < 4.78 is 14.8. The summed E-state index contributed by atoms with van der Waals surface area (Å²) >= 11 is 0.